The lowest BCUT2D eigenvalue weighted by atomic mass is 9.84. The van der Waals surface area contributed by atoms with Crippen molar-refractivity contribution < 1.29 is 48.5 Å². The van der Waals surface area contributed by atoms with E-state index in [9.17, 15) is 20.1 Å². The van der Waals surface area contributed by atoms with Crippen LogP contribution in [-0.4, -0.2) is 95.9 Å². The molecule has 41 heavy (non-hydrogen) atoms. The number of hydrogen-bond acceptors (Lipinski definition) is 10. The van der Waals surface area contributed by atoms with E-state index in [1.807, 2.05) is 32.1 Å². The maximum absolute atomic E-state index is 13.2. The summed E-state index contributed by atoms with van der Waals surface area (Å²) in [7, 11) is 2.97. The molecule has 0 aromatic rings. The largest absolute Gasteiger partial charge is 0.459 e. The van der Waals surface area contributed by atoms with Crippen LogP contribution in [0.4, 0.5) is 0 Å². The molecule has 10 nitrogen and oxygen atoms in total. The van der Waals surface area contributed by atoms with Crippen molar-refractivity contribution in [3.05, 3.63) is 24.3 Å². The minimum Gasteiger partial charge on any atom is -0.459 e. The summed E-state index contributed by atoms with van der Waals surface area (Å²) in [6.45, 7) is 7.68. The number of carbonyl (C=O) groups is 1. The van der Waals surface area contributed by atoms with Crippen LogP contribution in [0.15, 0.2) is 24.3 Å². The zero-order chi connectivity index (χ0) is 30.2. The van der Waals surface area contributed by atoms with Gasteiger partial charge in [0.25, 0.3) is 0 Å². The zero-order valence-corrected chi connectivity index (χ0v) is 25.6. The Bertz CT molecular complexity index is 879. The Kier molecular flexibility index (Phi) is 12.8. The van der Waals surface area contributed by atoms with Gasteiger partial charge < -0.3 is 43.7 Å². The van der Waals surface area contributed by atoms with Gasteiger partial charge in [-0.25, -0.2) is 0 Å². The Morgan fingerprint density at radius 1 is 1.05 bits per heavy atom. The fraction of sp³-hybridized carbons (Fsp3) is 0.839. The van der Waals surface area contributed by atoms with Crippen LogP contribution in [0.25, 0.3) is 0 Å². The van der Waals surface area contributed by atoms with Gasteiger partial charge in [0.1, 0.15) is 23.9 Å². The molecule has 3 rings (SSSR count). The number of aliphatic hydroxyl groups is 3. The molecule has 0 aromatic heterocycles. The van der Waals surface area contributed by atoms with Gasteiger partial charge in [-0.05, 0) is 51.9 Å². The minimum absolute atomic E-state index is 0.0223. The lowest BCUT2D eigenvalue weighted by molar-refractivity contribution is -0.337. The number of fused-ring (bicyclic) bond motifs is 2. The first-order valence-corrected chi connectivity index (χ1v) is 15.1. The first kappa shape index (κ1) is 34.1. The van der Waals surface area contributed by atoms with E-state index in [0.717, 1.165) is 6.42 Å². The number of rotatable bonds is 9. The van der Waals surface area contributed by atoms with Crippen LogP contribution in [0, 0.1) is 5.92 Å². The Hall–Kier alpha value is -1.37. The highest BCUT2D eigenvalue weighted by molar-refractivity contribution is 5.71. The van der Waals surface area contributed by atoms with Crippen molar-refractivity contribution in [1.29, 1.82) is 0 Å². The second kappa shape index (κ2) is 15.4. The van der Waals surface area contributed by atoms with E-state index < -0.39 is 66.4 Å². The third kappa shape index (κ3) is 9.56. The van der Waals surface area contributed by atoms with Gasteiger partial charge in [0.15, 0.2) is 12.1 Å². The van der Waals surface area contributed by atoms with Gasteiger partial charge >= 0.3 is 5.97 Å². The molecule has 10 heteroatoms. The highest BCUT2D eigenvalue weighted by Gasteiger charge is 2.49. The lowest BCUT2D eigenvalue weighted by Gasteiger charge is -2.46. The molecular weight excluding hydrogens is 532 g/mol. The second-order valence-electron chi connectivity index (χ2n) is 12.2. The van der Waals surface area contributed by atoms with Gasteiger partial charge in [0.05, 0.1) is 30.8 Å². The topological polar surface area (TPSA) is 133 Å². The van der Waals surface area contributed by atoms with E-state index >= 15 is 0 Å². The molecule has 1 unspecified atom stereocenters. The normalized spacial score (nSPS) is 43.0. The van der Waals surface area contributed by atoms with Crippen molar-refractivity contribution in [3.8, 4) is 0 Å². The molecule has 3 aliphatic heterocycles. The van der Waals surface area contributed by atoms with Crippen LogP contribution in [-0.2, 0) is 33.2 Å². The fourth-order valence-corrected chi connectivity index (χ4v) is 6.20. The maximum atomic E-state index is 13.2. The quantitative estimate of drug-likeness (QED) is 0.273. The molecule has 0 spiro atoms. The molecule has 0 radical (unpaired) electrons. The third-order valence-corrected chi connectivity index (χ3v) is 8.56. The van der Waals surface area contributed by atoms with Crippen LogP contribution in [0.2, 0.25) is 0 Å². The fourth-order valence-electron chi connectivity index (χ4n) is 6.20. The zero-order valence-electron chi connectivity index (χ0n) is 25.6. The van der Waals surface area contributed by atoms with Crippen molar-refractivity contribution in [2.24, 2.45) is 5.92 Å². The SMILES string of the molecule is CC/C=C/C=C/CC[C@]1(C)C[C@H](O)[C@H](C)CC[C@H]2C[C@@H](OC3O[C@@H](C)[C@H](OC)[C@@H](O)[C@H]3OC)C[C@@](O)(CC(=O)O1)O2. The molecule has 236 valence electrons. The number of ether oxygens (including phenoxy) is 6. The van der Waals surface area contributed by atoms with E-state index in [4.69, 9.17) is 28.4 Å². The molecule has 0 saturated carbocycles. The first-order chi connectivity index (χ1) is 19.4. The average molecular weight is 585 g/mol. The van der Waals surface area contributed by atoms with Gasteiger partial charge in [0.2, 0.25) is 0 Å². The number of cyclic esters (lactones) is 1. The smallest absolute Gasteiger partial charge is 0.311 e. The average Bonchev–Trinajstić information content (AvgIpc) is 2.88. The second-order valence-corrected chi connectivity index (χ2v) is 12.2. The molecule has 0 aliphatic carbocycles. The molecular formula is C31H52O10. The summed E-state index contributed by atoms with van der Waals surface area (Å²) >= 11 is 0. The highest BCUT2D eigenvalue weighted by atomic mass is 16.7. The van der Waals surface area contributed by atoms with Crippen molar-refractivity contribution in [3.63, 3.8) is 0 Å². The van der Waals surface area contributed by atoms with Crippen molar-refractivity contribution >= 4 is 5.97 Å². The summed E-state index contributed by atoms with van der Waals surface area (Å²) in [6, 6.07) is 0. The number of carbonyl (C=O) groups excluding carboxylic acids is 1. The van der Waals surface area contributed by atoms with Gasteiger partial charge in [0, 0.05) is 33.5 Å². The molecule has 0 aromatic carbocycles. The Morgan fingerprint density at radius 3 is 2.44 bits per heavy atom. The van der Waals surface area contributed by atoms with Crippen LogP contribution in [0.3, 0.4) is 0 Å². The molecule has 3 heterocycles. The number of esters is 1. The van der Waals surface area contributed by atoms with E-state index in [-0.39, 0.29) is 18.8 Å². The first-order valence-electron chi connectivity index (χ1n) is 15.1. The summed E-state index contributed by atoms with van der Waals surface area (Å²) < 4.78 is 35.3. The monoisotopic (exact) mass is 584 g/mol. The van der Waals surface area contributed by atoms with Gasteiger partial charge in [-0.3, -0.25) is 4.79 Å². The molecule has 3 aliphatic rings. The molecule has 2 bridgehead atoms. The maximum Gasteiger partial charge on any atom is 0.311 e. The lowest BCUT2D eigenvalue weighted by Crippen LogP contribution is -2.60. The standard InChI is InChI=1S/C31H52O10/c1-7-8-9-10-11-12-15-30(4)18-24(32)20(2)13-14-22-16-23(17-31(35,40-22)19-25(33)41-30)39-29-28(37-6)26(34)27(36-5)21(3)38-29/h8-11,20-24,26-29,32,34-35H,7,12-19H2,1-6H3/b9-8+,11-10+/t20-,21+,22+,23-,24+,26-,27+,28-,29?,30-,31+/m1/s1. The van der Waals surface area contributed by atoms with Crippen LogP contribution in [0.5, 0.6) is 0 Å². The molecule has 3 N–H and O–H groups in total. The number of aliphatic hydroxyl groups excluding tert-OH is 2. The summed E-state index contributed by atoms with van der Waals surface area (Å²) in [5.41, 5.74) is -0.908. The highest BCUT2D eigenvalue weighted by Crippen LogP contribution is 2.38. The van der Waals surface area contributed by atoms with E-state index in [1.165, 1.54) is 14.2 Å². The summed E-state index contributed by atoms with van der Waals surface area (Å²) in [5.74, 6) is -2.47. The summed E-state index contributed by atoms with van der Waals surface area (Å²) in [5, 5.41) is 33.4. The molecule has 3 fully saturated rings. The van der Waals surface area contributed by atoms with E-state index in [1.54, 1.807) is 6.92 Å². The van der Waals surface area contributed by atoms with Gasteiger partial charge in [-0.1, -0.05) is 38.2 Å². The Balaban J connectivity index is 1.75. The van der Waals surface area contributed by atoms with Crippen LogP contribution < -0.4 is 0 Å². The van der Waals surface area contributed by atoms with Crippen molar-refractivity contribution in [1.82, 2.24) is 0 Å². The third-order valence-electron chi connectivity index (χ3n) is 8.56. The van der Waals surface area contributed by atoms with Crippen molar-refractivity contribution in [2.75, 3.05) is 14.2 Å². The predicted octanol–water partition coefficient (Wildman–Crippen LogP) is 3.55. The summed E-state index contributed by atoms with van der Waals surface area (Å²) in [4.78, 5) is 13.2. The van der Waals surface area contributed by atoms with Crippen LogP contribution in [0.1, 0.15) is 85.5 Å². The predicted molar refractivity (Wildman–Crippen MR) is 152 cm³/mol. The summed E-state index contributed by atoms with van der Waals surface area (Å²) in [6.07, 6.45) is 6.53. The van der Waals surface area contributed by atoms with Gasteiger partial charge in [-0.15, -0.1) is 0 Å². The van der Waals surface area contributed by atoms with Crippen LogP contribution >= 0.6 is 0 Å². The Morgan fingerprint density at radius 2 is 1.76 bits per heavy atom. The molecule has 11 atom stereocenters. The number of methoxy groups -OCH3 is 2. The van der Waals surface area contributed by atoms with Crippen molar-refractivity contribution in [2.45, 2.75) is 146 Å². The number of allylic oxidation sites excluding steroid dienone is 4. The minimum atomic E-state index is -1.80. The van der Waals surface area contributed by atoms with E-state index in [0.29, 0.717) is 38.5 Å². The van der Waals surface area contributed by atoms with Gasteiger partial charge in [-0.2, -0.15) is 0 Å². The van der Waals surface area contributed by atoms with E-state index in [2.05, 4.69) is 13.0 Å². The molecule has 3 saturated heterocycles. The molecule has 0 amide bonds. The Labute approximate surface area is 245 Å². The number of hydrogen-bond donors (Lipinski definition) is 3.